The zero-order chi connectivity index (χ0) is 12.6. The Balaban J connectivity index is 1.64. The minimum absolute atomic E-state index is 0.930. The zero-order valence-corrected chi connectivity index (χ0v) is 12.3. The largest absolute Gasteiger partial charge is 0.316 e. The van der Waals surface area contributed by atoms with Gasteiger partial charge >= 0.3 is 0 Å². The van der Waals surface area contributed by atoms with Crippen molar-refractivity contribution in [2.75, 3.05) is 26.2 Å². The highest BCUT2D eigenvalue weighted by atomic mass is 32.1. The van der Waals surface area contributed by atoms with Crippen LogP contribution in [0.5, 0.6) is 0 Å². The van der Waals surface area contributed by atoms with Crippen molar-refractivity contribution < 1.29 is 0 Å². The average Bonchev–Trinajstić information content (AvgIpc) is 2.92. The molecule has 1 unspecified atom stereocenters. The van der Waals surface area contributed by atoms with Gasteiger partial charge in [0.05, 0.1) is 0 Å². The molecule has 2 heterocycles. The molecule has 1 saturated heterocycles. The lowest BCUT2D eigenvalue weighted by atomic mass is 9.94. The van der Waals surface area contributed by atoms with Gasteiger partial charge in [0, 0.05) is 11.4 Å². The lowest BCUT2D eigenvalue weighted by Gasteiger charge is -2.24. The van der Waals surface area contributed by atoms with Gasteiger partial charge in [-0.15, -0.1) is 11.3 Å². The summed E-state index contributed by atoms with van der Waals surface area (Å²) < 4.78 is 0. The molecule has 1 aliphatic rings. The quantitative estimate of drug-likeness (QED) is 0.814. The van der Waals surface area contributed by atoms with Crippen LogP contribution in [0.25, 0.3) is 0 Å². The first kappa shape index (κ1) is 14.0. The van der Waals surface area contributed by atoms with Crippen molar-refractivity contribution in [1.29, 1.82) is 0 Å². The van der Waals surface area contributed by atoms with Gasteiger partial charge in [-0.1, -0.05) is 13.0 Å². The van der Waals surface area contributed by atoms with E-state index in [2.05, 4.69) is 34.7 Å². The van der Waals surface area contributed by atoms with E-state index in [1.807, 2.05) is 11.3 Å². The van der Waals surface area contributed by atoms with Crippen LogP contribution in [0.1, 0.15) is 37.5 Å². The van der Waals surface area contributed by atoms with Crippen molar-refractivity contribution >= 4 is 11.3 Å². The summed E-state index contributed by atoms with van der Waals surface area (Å²) in [5, 5.41) is 5.69. The highest BCUT2D eigenvalue weighted by molar-refractivity contribution is 7.09. The lowest BCUT2D eigenvalue weighted by molar-refractivity contribution is 0.258. The van der Waals surface area contributed by atoms with Crippen LogP contribution in [0.15, 0.2) is 17.5 Å². The number of hydrogen-bond acceptors (Lipinski definition) is 3. The average molecular weight is 266 g/mol. The fourth-order valence-electron chi connectivity index (χ4n) is 2.75. The predicted molar refractivity (Wildman–Crippen MR) is 80.1 cm³/mol. The van der Waals surface area contributed by atoms with Crippen LogP contribution in [0.4, 0.5) is 0 Å². The van der Waals surface area contributed by atoms with Crippen LogP contribution >= 0.6 is 11.3 Å². The Morgan fingerprint density at radius 3 is 3.11 bits per heavy atom. The van der Waals surface area contributed by atoms with Gasteiger partial charge in [0.15, 0.2) is 0 Å². The summed E-state index contributed by atoms with van der Waals surface area (Å²) in [6.07, 6.45) is 5.56. The summed E-state index contributed by atoms with van der Waals surface area (Å²) >= 11 is 1.88. The molecule has 0 aromatic carbocycles. The Hall–Kier alpha value is -0.380. The molecule has 0 amide bonds. The van der Waals surface area contributed by atoms with Gasteiger partial charge in [-0.2, -0.15) is 0 Å². The second kappa shape index (κ2) is 7.93. The van der Waals surface area contributed by atoms with Gasteiger partial charge in [0.2, 0.25) is 0 Å². The smallest absolute Gasteiger partial charge is 0.0327 e. The van der Waals surface area contributed by atoms with Crippen molar-refractivity contribution in [2.45, 2.75) is 39.2 Å². The molecule has 102 valence electrons. The standard InChI is InChI=1S/C15H26N2S/c1-2-17(13-15-8-5-11-18-15)10-4-7-14-6-3-9-16-12-14/h5,8,11,14,16H,2-4,6-7,9-10,12-13H2,1H3. The van der Waals surface area contributed by atoms with Crippen molar-refractivity contribution in [3.63, 3.8) is 0 Å². The minimum atomic E-state index is 0.930. The molecule has 1 fully saturated rings. The van der Waals surface area contributed by atoms with Crippen LogP contribution in [0.3, 0.4) is 0 Å². The van der Waals surface area contributed by atoms with Crippen molar-refractivity contribution in [3.8, 4) is 0 Å². The Morgan fingerprint density at radius 1 is 1.50 bits per heavy atom. The van der Waals surface area contributed by atoms with Gasteiger partial charge in [-0.3, -0.25) is 4.90 Å². The normalized spacial score (nSPS) is 20.4. The third kappa shape index (κ3) is 4.71. The van der Waals surface area contributed by atoms with E-state index in [0.717, 1.165) is 12.5 Å². The number of nitrogens with zero attached hydrogens (tertiary/aromatic N) is 1. The van der Waals surface area contributed by atoms with E-state index in [1.54, 1.807) is 0 Å². The summed E-state index contributed by atoms with van der Waals surface area (Å²) in [5.74, 6) is 0.930. The van der Waals surface area contributed by atoms with E-state index in [-0.39, 0.29) is 0 Å². The fourth-order valence-corrected chi connectivity index (χ4v) is 3.49. The second-order valence-corrected chi connectivity index (χ2v) is 6.33. The molecule has 1 atom stereocenters. The highest BCUT2D eigenvalue weighted by Gasteiger charge is 2.13. The van der Waals surface area contributed by atoms with Gasteiger partial charge in [0.25, 0.3) is 0 Å². The van der Waals surface area contributed by atoms with Crippen molar-refractivity contribution in [3.05, 3.63) is 22.4 Å². The molecule has 1 N–H and O–H groups in total. The summed E-state index contributed by atoms with van der Waals surface area (Å²) in [6, 6.07) is 4.40. The molecule has 0 bridgehead atoms. The SMILES string of the molecule is CCN(CCCC1CCCNC1)Cc1cccs1. The van der Waals surface area contributed by atoms with Crippen molar-refractivity contribution in [1.82, 2.24) is 10.2 Å². The monoisotopic (exact) mass is 266 g/mol. The third-order valence-corrected chi connectivity index (χ3v) is 4.75. The van der Waals surface area contributed by atoms with E-state index in [1.165, 1.54) is 56.7 Å². The number of hydrogen-bond donors (Lipinski definition) is 1. The molecule has 18 heavy (non-hydrogen) atoms. The first-order chi connectivity index (χ1) is 8.88. The van der Waals surface area contributed by atoms with E-state index < -0.39 is 0 Å². The molecular formula is C15H26N2S. The lowest BCUT2D eigenvalue weighted by Crippen LogP contribution is -2.30. The van der Waals surface area contributed by atoms with E-state index in [4.69, 9.17) is 0 Å². The van der Waals surface area contributed by atoms with Gasteiger partial charge < -0.3 is 5.32 Å². The maximum absolute atomic E-state index is 3.51. The molecule has 0 saturated carbocycles. The van der Waals surface area contributed by atoms with E-state index in [9.17, 15) is 0 Å². The summed E-state index contributed by atoms with van der Waals surface area (Å²) in [5.41, 5.74) is 0. The summed E-state index contributed by atoms with van der Waals surface area (Å²) in [7, 11) is 0. The molecule has 1 aromatic heterocycles. The topological polar surface area (TPSA) is 15.3 Å². The number of rotatable bonds is 7. The number of thiophene rings is 1. The summed E-state index contributed by atoms with van der Waals surface area (Å²) in [6.45, 7) is 8.31. The van der Waals surface area contributed by atoms with E-state index >= 15 is 0 Å². The van der Waals surface area contributed by atoms with Crippen molar-refractivity contribution in [2.24, 2.45) is 5.92 Å². The number of piperidine rings is 1. The highest BCUT2D eigenvalue weighted by Crippen LogP contribution is 2.17. The molecule has 0 aliphatic carbocycles. The van der Waals surface area contributed by atoms with Crippen LogP contribution < -0.4 is 5.32 Å². The molecule has 1 aliphatic heterocycles. The molecule has 1 aromatic rings. The third-order valence-electron chi connectivity index (χ3n) is 3.89. The predicted octanol–water partition coefficient (Wildman–Crippen LogP) is 3.35. The minimum Gasteiger partial charge on any atom is -0.316 e. The Morgan fingerprint density at radius 2 is 2.44 bits per heavy atom. The maximum Gasteiger partial charge on any atom is 0.0327 e. The molecule has 0 spiro atoms. The Labute approximate surface area is 115 Å². The molecule has 3 heteroatoms. The van der Waals surface area contributed by atoms with E-state index in [0.29, 0.717) is 0 Å². The fraction of sp³-hybridized carbons (Fsp3) is 0.733. The van der Waals surface area contributed by atoms with Gasteiger partial charge in [-0.25, -0.2) is 0 Å². The zero-order valence-electron chi connectivity index (χ0n) is 11.5. The summed E-state index contributed by atoms with van der Waals surface area (Å²) in [4.78, 5) is 4.07. The number of nitrogens with one attached hydrogen (secondary N) is 1. The Kier molecular flexibility index (Phi) is 6.18. The molecule has 2 nitrogen and oxygen atoms in total. The maximum atomic E-state index is 3.51. The second-order valence-electron chi connectivity index (χ2n) is 5.30. The molecule has 0 radical (unpaired) electrons. The van der Waals surface area contributed by atoms with Gasteiger partial charge in [0.1, 0.15) is 0 Å². The van der Waals surface area contributed by atoms with Gasteiger partial charge in [-0.05, 0) is 69.2 Å². The van der Waals surface area contributed by atoms with Crippen LogP contribution in [0, 0.1) is 5.92 Å². The Bertz CT molecular complexity index is 304. The first-order valence-electron chi connectivity index (χ1n) is 7.34. The molecule has 2 rings (SSSR count). The van der Waals surface area contributed by atoms with Crippen LogP contribution in [0.2, 0.25) is 0 Å². The van der Waals surface area contributed by atoms with Crippen LogP contribution in [-0.2, 0) is 6.54 Å². The molecular weight excluding hydrogens is 240 g/mol. The van der Waals surface area contributed by atoms with Crippen LogP contribution in [-0.4, -0.2) is 31.1 Å². The first-order valence-corrected chi connectivity index (χ1v) is 8.22.